The van der Waals surface area contributed by atoms with E-state index in [0.717, 1.165) is 24.5 Å². The first-order valence-corrected chi connectivity index (χ1v) is 13.2. The van der Waals surface area contributed by atoms with Gasteiger partial charge in [-0.1, -0.05) is 0 Å². The van der Waals surface area contributed by atoms with Crippen LogP contribution in [0.1, 0.15) is 53.7 Å². The molecular weight excluding hydrogens is 482 g/mol. The predicted molar refractivity (Wildman–Crippen MR) is 140 cm³/mol. The van der Waals surface area contributed by atoms with E-state index in [1.807, 2.05) is 43.4 Å². The molecule has 0 radical (unpaired) electrons. The number of carbonyl (C=O) groups excluding carboxylic acids is 1. The van der Waals surface area contributed by atoms with Crippen LogP contribution in [0.25, 0.3) is 11.3 Å². The highest BCUT2D eigenvalue weighted by Crippen LogP contribution is 2.33. The predicted octanol–water partition coefficient (Wildman–Crippen LogP) is 3.61. The summed E-state index contributed by atoms with van der Waals surface area (Å²) in [6.07, 6.45) is 4.78. The molecule has 10 nitrogen and oxygen atoms in total. The van der Waals surface area contributed by atoms with E-state index in [-0.39, 0.29) is 26.6 Å². The van der Waals surface area contributed by atoms with Crippen LogP contribution in [0.2, 0.25) is 0 Å². The molecule has 0 spiro atoms. The second-order valence-corrected chi connectivity index (χ2v) is 10.8. The van der Waals surface area contributed by atoms with Crippen LogP contribution in [-0.2, 0) is 10.0 Å². The Labute approximate surface area is 212 Å². The van der Waals surface area contributed by atoms with Gasteiger partial charge in [-0.25, -0.2) is 23.1 Å². The molecule has 1 aliphatic heterocycles. The molecule has 1 fully saturated rings. The molecule has 194 valence electrons. The molecule has 4 rings (SSSR count). The highest BCUT2D eigenvalue weighted by Gasteiger charge is 2.33. The molecule has 0 saturated carbocycles. The van der Waals surface area contributed by atoms with Gasteiger partial charge in [0.25, 0.3) is 21.5 Å². The van der Waals surface area contributed by atoms with Gasteiger partial charge in [0.05, 0.1) is 17.4 Å². The number of nitrogens with zero attached hydrogens (tertiary/aromatic N) is 3. The summed E-state index contributed by atoms with van der Waals surface area (Å²) in [6, 6.07) is 9.50. The average molecular weight is 516 g/mol. The molecule has 1 saturated heterocycles. The van der Waals surface area contributed by atoms with Gasteiger partial charge in [-0.3, -0.25) is 9.59 Å². The van der Waals surface area contributed by atoms with Gasteiger partial charge in [0.1, 0.15) is 5.82 Å². The summed E-state index contributed by atoms with van der Waals surface area (Å²) in [5.41, 5.74) is 0.592. The molecule has 4 heterocycles. The molecule has 0 unspecified atom stereocenters. The Morgan fingerprint density at radius 1 is 1.17 bits per heavy atom. The summed E-state index contributed by atoms with van der Waals surface area (Å²) in [4.78, 5) is 38.2. The Balaban J connectivity index is 0.00000253. The maximum atomic E-state index is 13.2. The minimum Gasteiger partial charge on any atom is -0.475 e. The van der Waals surface area contributed by atoms with Crippen LogP contribution in [0.15, 0.2) is 58.5 Å². The van der Waals surface area contributed by atoms with E-state index in [1.165, 1.54) is 12.3 Å². The Morgan fingerprint density at radius 2 is 1.89 bits per heavy atom. The normalized spacial score (nSPS) is 17.9. The molecule has 36 heavy (non-hydrogen) atoms. The Bertz CT molecular complexity index is 1420. The van der Waals surface area contributed by atoms with Gasteiger partial charge in [-0.2, -0.15) is 0 Å². The third-order valence-electron chi connectivity index (χ3n) is 6.00. The summed E-state index contributed by atoms with van der Waals surface area (Å²) >= 11 is 0. The van der Waals surface area contributed by atoms with Crippen molar-refractivity contribution in [2.75, 3.05) is 4.90 Å². The Kier molecular flexibility index (Phi) is 7.11. The van der Waals surface area contributed by atoms with Gasteiger partial charge >= 0.3 is 0 Å². The number of carbonyl (C=O) groups is 1. The zero-order chi connectivity index (χ0) is 26.0. The summed E-state index contributed by atoms with van der Waals surface area (Å²) in [5.74, 6) is 0.00690. The van der Waals surface area contributed by atoms with E-state index in [1.54, 1.807) is 24.4 Å². The number of hydrogen-bond acceptors (Lipinski definition) is 8. The number of sulfonamides is 1. The topological polar surface area (TPSA) is 134 Å². The molecule has 0 aliphatic carbocycles. The van der Waals surface area contributed by atoms with Crippen LogP contribution in [0.3, 0.4) is 0 Å². The van der Waals surface area contributed by atoms with Crippen LogP contribution in [-0.4, -0.2) is 47.5 Å². The van der Waals surface area contributed by atoms with E-state index in [2.05, 4.69) is 9.97 Å². The Hall–Kier alpha value is -3.73. The van der Waals surface area contributed by atoms with Crippen LogP contribution >= 0.6 is 0 Å². The first kappa shape index (κ1) is 25.4. The first-order chi connectivity index (χ1) is 17.1. The van der Waals surface area contributed by atoms with Crippen molar-refractivity contribution >= 4 is 21.7 Å². The number of pyridine rings is 3. The van der Waals surface area contributed by atoms with Gasteiger partial charge < -0.3 is 14.6 Å². The largest absolute Gasteiger partial charge is 0.475 e. The third kappa shape index (κ3) is 5.25. The maximum absolute atomic E-state index is 13.2. The molecule has 1 amide bonds. The van der Waals surface area contributed by atoms with Crippen molar-refractivity contribution < 1.29 is 20.8 Å². The fraction of sp³-hybridized carbons (Fsp3) is 0.360. The Morgan fingerprint density at radius 3 is 2.50 bits per heavy atom. The molecule has 3 aromatic heterocycles. The van der Waals surface area contributed by atoms with E-state index in [0.29, 0.717) is 17.4 Å². The highest BCUT2D eigenvalue weighted by molar-refractivity contribution is 7.90. The van der Waals surface area contributed by atoms with Crippen LogP contribution in [0.5, 0.6) is 5.88 Å². The number of hydrogen-bond donors (Lipinski definition) is 2. The van der Waals surface area contributed by atoms with Gasteiger partial charge in [0.15, 0.2) is 4.90 Å². The molecule has 3 aromatic rings. The lowest BCUT2D eigenvalue weighted by Gasteiger charge is -2.29. The summed E-state index contributed by atoms with van der Waals surface area (Å²) < 4.78 is 33.2. The number of rotatable bonds is 7. The van der Waals surface area contributed by atoms with Crippen molar-refractivity contribution in [3.05, 3.63) is 64.7 Å². The van der Waals surface area contributed by atoms with E-state index < -0.39 is 26.4 Å². The lowest BCUT2D eigenvalue weighted by Crippen LogP contribution is -2.38. The lowest BCUT2D eigenvalue weighted by atomic mass is 10.1. The summed E-state index contributed by atoms with van der Waals surface area (Å²) in [6.45, 7) is 7.91. The van der Waals surface area contributed by atoms with Crippen molar-refractivity contribution in [1.82, 2.24) is 19.7 Å². The average Bonchev–Trinajstić information content (AvgIpc) is 3.16. The van der Waals surface area contributed by atoms with Gasteiger partial charge in [-0.15, -0.1) is 0 Å². The minimum atomic E-state index is -4.40. The van der Waals surface area contributed by atoms with Crippen LogP contribution in [0.4, 0.5) is 5.82 Å². The monoisotopic (exact) mass is 515 g/mol. The van der Waals surface area contributed by atoms with Gasteiger partial charge in [-0.05, 0) is 70.9 Å². The molecule has 0 aromatic carbocycles. The molecular formula is C25H33N5O5S. The second kappa shape index (κ2) is 10.1. The number of amides is 1. The highest BCUT2D eigenvalue weighted by atomic mass is 32.2. The SMILES string of the molecule is CC(C)Oc1ccc(-c2ccc(C(=O)NS(=O)(=O)c3ccc[nH]c3=O)c(N3[C@H](C)CC[C@@H]3C)n2)cn1.[HH].[HH]. The number of H-pyrrole nitrogens is 1. The van der Waals surface area contributed by atoms with E-state index in [9.17, 15) is 18.0 Å². The number of aromatic nitrogens is 3. The van der Waals surface area contributed by atoms with E-state index >= 15 is 0 Å². The van der Waals surface area contributed by atoms with Crippen molar-refractivity contribution in [3.63, 3.8) is 0 Å². The molecule has 0 bridgehead atoms. The number of ether oxygens (including phenoxy) is 1. The zero-order valence-electron chi connectivity index (χ0n) is 20.6. The van der Waals surface area contributed by atoms with Crippen molar-refractivity contribution in [2.45, 2.75) is 63.6 Å². The van der Waals surface area contributed by atoms with Crippen molar-refractivity contribution in [3.8, 4) is 17.1 Å². The first-order valence-electron chi connectivity index (χ1n) is 11.7. The van der Waals surface area contributed by atoms with Crippen molar-refractivity contribution in [2.24, 2.45) is 0 Å². The molecule has 2 atom stereocenters. The number of aromatic amines is 1. The fourth-order valence-electron chi connectivity index (χ4n) is 4.29. The van der Waals surface area contributed by atoms with Crippen LogP contribution in [0, 0.1) is 0 Å². The summed E-state index contributed by atoms with van der Waals surface area (Å²) in [7, 11) is -4.40. The second-order valence-electron chi connectivity index (χ2n) is 9.10. The fourth-order valence-corrected chi connectivity index (χ4v) is 5.31. The summed E-state index contributed by atoms with van der Waals surface area (Å²) in [5, 5.41) is 0. The van der Waals surface area contributed by atoms with Crippen molar-refractivity contribution in [1.29, 1.82) is 0 Å². The molecule has 1 aliphatic rings. The van der Waals surface area contributed by atoms with E-state index in [4.69, 9.17) is 9.72 Å². The third-order valence-corrected chi connectivity index (χ3v) is 7.36. The minimum absolute atomic E-state index is 0. The molecule has 2 N–H and O–H groups in total. The maximum Gasteiger partial charge on any atom is 0.269 e. The molecule has 11 heteroatoms. The zero-order valence-corrected chi connectivity index (χ0v) is 21.4. The quantitative estimate of drug-likeness (QED) is 0.487. The number of anilines is 1. The smallest absolute Gasteiger partial charge is 0.269 e. The standard InChI is InChI=1S/C25H29N5O5S.2H2/c1-15(2)35-22-12-9-18(14-27-22)20-11-10-19(23(28-20)30-16(3)7-8-17(30)4)24(31)29-36(33,34)21-6-5-13-26-25(21)32;;/h5-6,9-17H,7-8H2,1-4H3,(H,26,32)(H,29,31);2*1H/t16-,17+;;. The van der Waals surface area contributed by atoms with Crippen LogP contribution < -0.4 is 19.9 Å². The number of nitrogens with one attached hydrogen (secondary N) is 2. The van der Waals surface area contributed by atoms with Gasteiger partial charge in [0, 0.05) is 39.0 Å². The lowest BCUT2D eigenvalue weighted by molar-refractivity contribution is 0.0981. The van der Waals surface area contributed by atoms with Gasteiger partial charge in [0.2, 0.25) is 5.88 Å².